The van der Waals surface area contributed by atoms with Gasteiger partial charge in [-0.1, -0.05) is 45.4 Å². The van der Waals surface area contributed by atoms with Gasteiger partial charge in [0.15, 0.2) is 0 Å². The number of rotatable bonds is 8. The average Bonchev–Trinajstić information content (AvgIpc) is 2.42. The van der Waals surface area contributed by atoms with E-state index in [2.05, 4.69) is 44.3 Å². The number of ether oxygens (including phenoxy) is 1. The molecule has 0 aromatic heterocycles. The first kappa shape index (κ1) is 15.0. The van der Waals surface area contributed by atoms with E-state index in [-0.39, 0.29) is 0 Å². The summed E-state index contributed by atoms with van der Waals surface area (Å²) in [6.07, 6.45) is 3.60. The molecule has 1 rings (SSSR count). The van der Waals surface area contributed by atoms with Crippen molar-refractivity contribution in [1.82, 2.24) is 5.32 Å². The number of hydrogen-bond donors (Lipinski definition) is 1. The summed E-state index contributed by atoms with van der Waals surface area (Å²) in [7, 11) is 1.75. The fraction of sp³-hybridized carbons (Fsp3) is 0.625. The lowest BCUT2D eigenvalue weighted by atomic mass is 9.89. The summed E-state index contributed by atoms with van der Waals surface area (Å²) >= 11 is 0. The van der Waals surface area contributed by atoms with Crippen LogP contribution in [0.25, 0.3) is 0 Å². The Morgan fingerprint density at radius 1 is 1.17 bits per heavy atom. The normalized spacial score (nSPS) is 14.2. The molecular formula is C16H27NO. The van der Waals surface area contributed by atoms with Crippen LogP contribution in [-0.2, 0) is 0 Å². The highest BCUT2D eigenvalue weighted by atomic mass is 16.5. The Balaban J connectivity index is 2.82. The van der Waals surface area contributed by atoms with Gasteiger partial charge in [0.25, 0.3) is 0 Å². The van der Waals surface area contributed by atoms with Crippen LogP contribution < -0.4 is 10.1 Å². The summed E-state index contributed by atoms with van der Waals surface area (Å²) in [5.41, 5.74) is 1.31. The largest absolute Gasteiger partial charge is 0.496 e. The molecule has 0 amide bonds. The SMILES string of the molecule is CCCNC(CCC)C(C)c1ccccc1OC. The molecular weight excluding hydrogens is 222 g/mol. The van der Waals surface area contributed by atoms with Gasteiger partial charge < -0.3 is 10.1 Å². The van der Waals surface area contributed by atoms with Gasteiger partial charge >= 0.3 is 0 Å². The molecule has 0 bridgehead atoms. The second-order valence-corrected chi connectivity index (χ2v) is 4.88. The van der Waals surface area contributed by atoms with Crippen molar-refractivity contribution in [2.75, 3.05) is 13.7 Å². The third kappa shape index (κ3) is 4.02. The Bertz CT molecular complexity index is 338. The van der Waals surface area contributed by atoms with E-state index < -0.39 is 0 Å². The molecule has 2 unspecified atom stereocenters. The molecule has 0 aliphatic rings. The van der Waals surface area contributed by atoms with Gasteiger partial charge in [-0.3, -0.25) is 0 Å². The Hall–Kier alpha value is -1.02. The minimum Gasteiger partial charge on any atom is -0.496 e. The Morgan fingerprint density at radius 2 is 1.89 bits per heavy atom. The predicted octanol–water partition coefficient (Wildman–Crippen LogP) is 3.97. The molecule has 0 heterocycles. The lowest BCUT2D eigenvalue weighted by Gasteiger charge is -2.26. The highest BCUT2D eigenvalue weighted by Crippen LogP contribution is 2.29. The maximum absolute atomic E-state index is 5.47. The van der Waals surface area contributed by atoms with Gasteiger partial charge in [0.05, 0.1) is 7.11 Å². The lowest BCUT2D eigenvalue weighted by Crippen LogP contribution is -2.34. The van der Waals surface area contributed by atoms with Gasteiger partial charge in [-0.2, -0.15) is 0 Å². The number of benzene rings is 1. The summed E-state index contributed by atoms with van der Waals surface area (Å²) < 4.78 is 5.47. The lowest BCUT2D eigenvalue weighted by molar-refractivity contribution is 0.383. The van der Waals surface area contributed by atoms with Crippen LogP contribution in [0.2, 0.25) is 0 Å². The first-order valence-electron chi connectivity index (χ1n) is 7.10. The average molecular weight is 249 g/mol. The Kier molecular flexibility index (Phi) is 6.81. The molecule has 0 spiro atoms. The molecule has 0 aliphatic carbocycles. The summed E-state index contributed by atoms with van der Waals surface area (Å²) in [6.45, 7) is 7.84. The number of nitrogens with one attached hydrogen (secondary N) is 1. The molecule has 102 valence electrons. The fourth-order valence-electron chi connectivity index (χ4n) is 2.43. The molecule has 0 saturated carbocycles. The first-order valence-corrected chi connectivity index (χ1v) is 7.10. The van der Waals surface area contributed by atoms with E-state index in [9.17, 15) is 0 Å². The van der Waals surface area contributed by atoms with Crippen LogP contribution in [0, 0.1) is 0 Å². The van der Waals surface area contributed by atoms with Gasteiger partial charge in [-0.15, -0.1) is 0 Å². The van der Waals surface area contributed by atoms with E-state index >= 15 is 0 Å². The van der Waals surface area contributed by atoms with Crippen LogP contribution in [0.5, 0.6) is 5.75 Å². The van der Waals surface area contributed by atoms with E-state index in [1.165, 1.54) is 24.8 Å². The molecule has 2 atom stereocenters. The maximum atomic E-state index is 5.47. The Labute approximate surface area is 112 Å². The monoisotopic (exact) mass is 249 g/mol. The van der Waals surface area contributed by atoms with E-state index in [0.29, 0.717) is 12.0 Å². The second-order valence-electron chi connectivity index (χ2n) is 4.88. The van der Waals surface area contributed by atoms with Crippen molar-refractivity contribution in [3.8, 4) is 5.75 Å². The van der Waals surface area contributed by atoms with Crippen LogP contribution >= 0.6 is 0 Å². The van der Waals surface area contributed by atoms with Crippen molar-refractivity contribution < 1.29 is 4.74 Å². The van der Waals surface area contributed by atoms with Crippen molar-refractivity contribution in [1.29, 1.82) is 0 Å². The molecule has 1 aromatic carbocycles. The van der Waals surface area contributed by atoms with Crippen molar-refractivity contribution in [3.05, 3.63) is 29.8 Å². The highest BCUT2D eigenvalue weighted by molar-refractivity contribution is 5.36. The van der Waals surface area contributed by atoms with Gasteiger partial charge in [0.1, 0.15) is 5.75 Å². The quantitative estimate of drug-likeness (QED) is 0.753. The van der Waals surface area contributed by atoms with E-state index in [4.69, 9.17) is 4.74 Å². The van der Waals surface area contributed by atoms with Crippen LogP contribution in [-0.4, -0.2) is 19.7 Å². The first-order chi connectivity index (χ1) is 8.74. The molecule has 1 N–H and O–H groups in total. The zero-order valence-electron chi connectivity index (χ0n) is 12.2. The third-order valence-corrected chi connectivity index (χ3v) is 3.49. The van der Waals surface area contributed by atoms with Gasteiger partial charge in [0, 0.05) is 12.0 Å². The molecule has 0 radical (unpaired) electrons. The number of methoxy groups -OCH3 is 1. The number of hydrogen-bond acceptors (Lipinski definition) is 2. The van der Waals surface area contributed by atoms with Crippen molar-refractivity contribution >= 4 is 0 Å². The smallest absolute Gasteiger partial charge is 0.122 e. The maximum Gasteiger partial charge on any atom is 0.122 e. The van der Waals surface area contributed by atoms with Gasteiger partial charge in [-0.05, 0) is 31.0 Å². The van der Waals surface area contributed by atoms with Crippen LogP contribution in [0.4, 0.5) is 0 Å². The summed E-state index contributed by atoms with van der Waals surface area (Å²) in [5.74, 6) is 1.48. The molecule has 2 heteroatoms. The topological polar surface area (TPSA) is 21.3 Å². The van der Waals surface area contributed by atoms with Crippen molar-refractivity contribution in [3.63, 3.8) is 0 Å². The fourth-order valence-corrected chi connectivity index (χ4v) is 2.43. The van der Waals surface area contributed by atoms with Crippen molar-refractivity contribution in [2.45, 2.75) is 52.0 Å². The summed E-state index contributed by atoms with van der Waals surface area (Å²) in [6, 6.07) is 8.89. The van der Waals surface area contributed by atoms with Crippen LogP contribution in [0.1, 0.15) is 51.5 Å². The standard InChI is InChI=1S/C16H27NO/c1-5-9-15(17-12-6-2)13(3)14-10-7-8-11-16(14)18-4/h7-8,10-11,13,15,17H,5-6,9,12H2,1-4H3. The second kappa shape index (κ2) is 8.15. The minimum absolute atomic E-state index is 0.479. The zero-order valence-corrected chi connectivity index (χ0v) is 12.2. The molecule has 18 heavy (non-hydrogen) atoms. The summed E-state index contributed by atoms with van der Waals surface area (Å²) in [4.78, 5) is 0. The summed E-state index contributed by atoms with van der Waals surface area (Å²) in [5, 5.41) is 3.66. The third-order valence-electron chi connectivity index (χ3n) is 3.49. The number of para-hydroxylation sites is 1. The zero-order chi connectivity index (χ0) is 13.4. The van der Waals surface area contributed by atoms with Crippen molar-refractivity contribution in [2.24, 2.45) is 0 Å². The van der Waals surface area contributed by atoms with Crippen LogP contribution in [0.15, 0.2) is 24.3 Å². The van der Waals surface area contributed by atoms with Crippen LogP contribution in [0.3, 0.4) is 0 Å². The van der Waals surface area contributed by atoms with E-state index in [1.54, 1.807) is 7.11 Å². The Morgan fingerprint density at radius 3 is 2.50 bits per heavy atom. The van der Waals surface area contributed by atoms with E-state index in [0.717, 1.165) is 12.3 Å². The molecule has 0 aliphatic heterocycles. The minimum atomic E-state index is 0.479. The van der Waals surface area contributed by atoms with Gasteiger partial charge in [-0.25, -0.2) is 0 Å². The highest BCUT2D eigenvalue weighted by Gasteiger charge is 2.20. The van der Waals surface area contributed by atoms with Gasteiger partial charge in [0.2, 0.25) is 0 Å². The van der Waals surface area contributed by atoms with E-state index in [1.807, 2.05) is 6.07 Å². The predicted molar refractivity (Wildman–Crippen MR) is 78.4 cm³/mol. The molecule has 0 saturated heterocycles. The molecule has 1 aromatic rings. The molecule has 2 nitrogen and oxygen atoms in total. The molecule has 0 fully saturated rings.